The number of hydrogen-bond donors (Lipinski definition) is 1. The summed E-state index contributed by atoms with van der Waals surface area (Å²) in [5, 5.41) is 1.25. The Balaban J connectivity index is 1.86. The van der Waals surface area contributed by atoms with Crippen molar-refractivity contribution in [1.82, 2.24) is 4.57 Å². The number of benzene rings is 1. The summed E-state index contributed by atoms with van der Waals surface area (Å²) < 4.78 is 2.24. The van der Waals surface area contributed by atoms with Crippen molar-refractivity contribution >= 4 is 28.6 Å². The first-order chi connectivity index (χ1) is 10.8. The molecule has 2 aromatic rings. The maximum absolute atomic E-state index is 11.7. The van der Waals surface area contributed by atoms with Gasteiger partial charge in [0.2, 0.25) is 5.91 Å². The highest BCUT2D eigenvalue weighted by Crippen LogP contribution is 2.52. The fourth-order valence-electron chi connectivity index (χ4n) is 4.04. The summed E-state index contributed by atoms with van der Waals surface area (Å²) in [6.45, 7) is 0. The van der Waals surface area contributed by atoms with Crippen LogP contribution in [0, 0.1) is 0 Å². The lowest BCUT2D eigenvalue weighted by molar-refractivity contribution is -0.114. The normalized spacial score (nSPS) is 19.4. The molecule has 3 aliphatic rings. The van der Waals surface area contributed by atoms with Gasteiger partial charge in [-0.1, -0.05) is 18.2 Å². The van der Waals surface area contributed by atoms with E-state index in [1.165, 1.54) is 40.6 Å². The van der Waals surface area contributed by atoms with Gasteiger partial charge in [0, 0.05) is 28.4 Å². The van der Waals surface area contributed by atoms with Crippen molar-refractivity contribution in [3.63, 3.8) is 0 Å². The van der Waals surface area contributed by atoms with E-state index in [0.29, 0.717) is 0 Å². The van der Waals surface area contributed by atoms with E-state index in [0.717, 1.165) is 29.6 Å². The quantitative estimate of drug-likeness (QED) is 0.856. The van der Waals surface area contributed by atoms with Crippen LogP contribution >= 0.6 is 0 Å². The number of fused-ring (bicyclic) bond motifs is 6. The molecule has 2 aliphatic carbocycles. The van der Waals surface area contributed by atoms with Gasteiger partial charge in [-0.05, 0) is 49.0 Å². The van der Waals surface area contributed by atoms with Gasteiger partial charge < -0.3 is 10.3 Å². The molecule has 108 valence electrons. The van der Waals surface area contributed by atoms with E-state index in [2.05, 4.69) is 41.1 Å². The van der Waals surface area contributed by atoms with Gasteiger partial charge in [-0.25, -0.2) is 0 Å². The van der Waals surface area contributed by atoms with Gasteiger partial charge in [-0.2, -0.15) is 0 Å². The molecule has 5 rings (SSSR count). The van der Waals surface area contributed by atoms with Crippen molar-refractivity contribution in [2.24, 2.45) is 5.73 Å². The van der Waals surface area contributed by atoms with Crippen molar-refractivity contribution < 1.29 is 4.79 Å². The number of nitrogens with zero attached hydrogens (tertiary/aromatic N) is 1. The molecule has 2 N–H and O–H groups in total. The van der Waals surface area contributed by atoms with E-state index < -0.39 is 0 Å². The second kappa shape index (κ2) is 4.01. The minimum atomic E-state index is -0.293. The number of hydrogen-bond acceptors (Lipinski definition) is 1. The van der Waals surface area contributed by atoms with Crippen LogP contribution in [0.15, 0.2) is 52.6 Å². The number of nitrogens with two attached hydrogens (primary N) is 1. The molecule has 1 aromatic heterocycles. The lowest BCUT2D eigenvalue weighted by atomic mass is 9.88. The molecule has 0 radical (unpaired) electrons. The lowest BCUT2D eigenvalue weighted by Gasteiger charge is -2.18. The van der Waals surface area contributed by atoms with Crippen LogP contribution in [-0.2, 0) is 4.79 Å². The molecule has 3 heteroatoms. The van der Waals surface area contributed by atoms with Crippen molar-refractivity contribution in [2.75, 3.05) is 0 Å². The van der Waals surface area contributed by atoms with Gasteiger partial charge in [0.25, 0.3) is 0 Å². The molecule has 0 spiro atoms. The van der Waals surface area contributed by atoms with Crippen LogP contribution in [0.2, 0.25) is 0 Å². The predicted octanol–water partition coefficient (Wildman–Crippen LogP) is 3.62. The van der Waals surface area contributed by atoms with Crippen LogP contribution in [0.25, 0.3) is 22.7 Å². The van der Waals surface area contributed by atoms with Crippen LogP contribution in [0.3, 0.4) is 0 Å². The maximum Gasteiger partial charge on any atom is 0.250 e. The first-order valence-corrected chi connectivity index (χ1v) is 7.85. The molecule has 22 heavy (non-hydrogen) atoms. The molecule has 1 aromatic carbocycles. The first-order valence-electron chi connectivity index (χ1n) is 7.85. The average Bonchev–Trinajstić information content (AvgIpc) is 3.16. The lowest BCUT2D eigenvalue weighted by Crippen LogP contribution is -2.09. The Morgan fingerprint density at radius 1 is 1.09 bits per heavy atom. The molecule has 0 fully saturated rings. The van der Waals surface area contributed by atoms with E-state index in [1.54, 1.807) is 0 Å². The monoisotopic (exact) mass is 288 g/mol. The molecule has 1 amide bonds. The molecule has 0 saturated heterocycles. The zero-order valence-corrected chi connectivity index (χ0v) is 12.2. The first kappa shape index (κ1) is 12.0. The van der Waals surface area contributed by atoms with Gasteiger partial charge in [-0.15, -0.1) is 0 Å². The largest absolute Gasteiger partial charge is 0.366 e. The third-order valence-electron chi connectivity index (χ3n) is 5.06. The Labute approximate surface area is 128 Å². The molecule has 0 bridgehead atoms. The Hall–Kier alpha value is -2.55. The highest BCUT2D eigenvalue weighted by atomic mass is 16.1. The van der Waals surface area contributed by atoms with Crippen molar-refractivity contribution in [3.05, 3.63) is 58.3 Å². The Morgan fingerprint density at radius 2 is 1.86 bits per heavy atom. The Bertz CT molecular complexity index is 953. The molecule has 2 heterocycles. The topological polar surface area (TPSA) is 48.0 Å². The van der Waals surface area contributed by atoms with Gasteiger partial charge in [-0.3, -0.25) is 4.79 Å². The number of rotatable bonds is 1. The van der Waals surface area contributed by atoms with E-state index >= 15 is 0 Å². The molecule has 1 aliphatic heterocycles. The minimum absolute atomic E-state index is 0.293. The number of para-hydroxylation sites is 1. The fraction of sp³-hybridized carbons (Fsp3) is 0.211. The zero-order chi connectivity index (χ0) is 14.8. The van der Waals surface area contributed by atoms with Crippen LogP contribution < -0.4 is 5.73 Å². The van der Waals surface area contributed by atoms with Gasteiger partial charge in [0.1, 0.15) is 0 Å². The molecular weight excluding hydrogens is 272 g/mol. The van der Waals surface area contributed by atoms with E-state index in [-0.39, 0.29) is 5.91 Å². The van der Waals surface area contributed by atoms with Crippen molar-refractivity contribution in [3.8, 4) is 0 Å². The SMILES string of the molecule is NC(=O)C1=C2C1=Cn1c(cc3ccccc31)C1=C2CCCC1. The summed E-state index contributed by atoms with van der Waals surface area (Å²) >= 11 is 0. The number of carbonyl (C=O) groups excluding carboxylic acids is 1. The second-order valence-electron chi connectivity index (χ2n) is 6.28. The standard InChI is InChI=1S/C19H16N2O/c20-19(22)18-14-10-21-15-8-4-1-5-11(15)9-16(21)12-6-2-3-7-13(12)17(14)18/h1,4-5,8-10H,2-3,6-7H2,(H2,20,22). The van der Waals surface area contributed by atoms with Crippen LogP contribution in [0.5, 0.6) is 0 Å². The summed E-state index contributed by atoms with van der Waals surface area (Å²) in [5.74, 6) is -0.293. The van der Waals surface area contributed by atoms with Crippen molar-refractivity contribution in [1.29, 1.82) is 0 Å². The highest BCUT2D eigenvalue weighted by molar-refractivity contribution is 6.12. The maximum atomic E-state index is 11.7. The smallest absolute Gasteiger partial charge is 0.250 e. The number of carbonyl (C=O) groups is 1. The Kier molecular flexibility index (Phi) is 2.19. The molecule has 0 unspecified atom stereocenters. The van der Waals surface area contributed by atoms with E-state index in [1.807, 2.05) is 0 Å². The molecule has 0 atom stereocenters. The van der Waals surface area contributed by atoms with Crippen LogP contribution in [-0.4, -0.2) is 10.5 Å². The van der Waals surface area contributed by atoms with E-state index in [4.69, 9.17) is 5.73 Å². The zero-order valence-electron chi connectivity index (χ0n) is 12.2. The summed E-state index contributed by atoms with van der Waals surface area (Å²) in [6, 6.07) is 10.7. The van der Waals surface area contributed by atoms with Gasteiger partial charge in [0.05, 0.1) is 11.1 Å². The van der Waals surface area contributed by atoms with Crippen LogP contribution in [0.4, 0.5) is 0 Å². The Morgan fingerprint density at radius 3 is 2.68 bits per heavy atom. The molecular formula is C19H16N2O. The third-order valence-corrected chi connectivity index (χ3v) is 5.06. The number of primary amides is 1. The minimum Gasteiger partial charge on any atom is -0.366 e. The summed E-state index contributed by atoms with van der Waals surface area (Å²) in [5.41, 5.74) is 13.7. The average molecular weight is 288 g/mol. The highest BCUT2D eigenvalue weighted by Gasteiger charge is 2.40. The summed E-state index contributed by atoms with van der Waals surface area (Å²) in [4.78, 5) is 11.7. The number of allylic oxidation sites excluding steroid dienone is 3. The predicted molar refractivity (Wildman–Crippen MR) is 87.8 cm³/mol. The fourth-order valence-corrected chi connectivity index (χ4v) is 4.04. The summed E-state index contributed by atoms with van der Waals surface area (Å²) in [6.07, 6.45) is 6.66. The molecule has 3 nitrogen and oxygen atoms in total. The molecule has 0 saturated carbocycles. The third kappa shape index (κ3) is 1.43. The van der Waals surface area contributed by atoms with Crippen LogP contribution in [0.1, 0.15) is 31.4 Å². The summed E-state index contributed by atoms with van der Waals surface area (Å²) in [7, 11) is 0. The van der Waals surface area contributed by atoms with E-state index in [9.17, 15) is 4.79 Å². The van der Waals surface area contributed by atoms with Gasteiger partial charge in [0.15, 0.2) is 0 Å². The van der Waals surface area contributed by atoms with Crippen molar-refractivity contribution in [2.45, 2.75) is 25.7 Å². The number of amides is 1. The van der Waals surface area contributed by atoms with Gasteiger partial charge >= 0.3 is 0 Å². The number of aromatic nitrogens is 1. The second-order valence-corrected chi connectivity index (χ2v) is 6.28.